The molecule has 0 saturated carbocycles. The summed E-state index contributed by atoms with van der Waals surface area (Å²) in [6, 6.07) is 19.0. The Hall–Kier alpha value is -2.17. The standard InChI is InChI=1S/C24H32N2O2/c1-19-11-13-21(14-12-19)23(2,20-9-7-6-8-10-20)24(3,25(4)5)22(27)26-15-17-28-18-16-26/h6-14H,15-18H2,1-5H3. The van der Waals surface area contributed by atoms with Crippen molar-refractivity contribution < 1.29 is 9.53 Å². The molecule has 150 valence electrons. The molecule has 28 heavy (non-hydrogen) atoms. The molecule has 2 aromatic carbocycles. The van der Waals surface area contributed by atoms with Gasteiger partial charge in [-0.3, -0.25) is 9.69 Å². The molecule has 0 N–H and O–H groups in total. The highest BCUT2D eigenvalue weighted by atomic mass is 16.5. The largest absolute Gasteiger partial charge is 0.378 e. The number of rotatable bonds is 5. The molecule has 3 rings (SSSR count). The second kappa shape index (κ2) is 8.06. The van der Waals surface area contributed by atoms with Gasteiger partial charge < -0.3 is 9.64 Å². The minimum absolute atomic E-state index is 0.146. The van der Waals surface area contributed by atoms with Crippen molar-refractivity contribution in [2.45, 2.75) is 31.7 Å². The molecule has 0 aromatic heterocycles. The minimum atomic E-state index is -0.763. The Morgan fingerprint density at radius 1 is 0.929 bits per heavy atom. The number of amides is 1. The molecule has 0 aliphatic carbocycles. The van der Waals surface area contributed by atoms with Crippen LogP contribution in [0.25, 0.3) is 0 Å². The maximum atomic E-state index is 14.0. The summed E-state index contributed by atoms with van der Waals surface area (Å²) in [5, 5.41) is 0. The van der Waals surface area contributed by atoms with E-state index < -0.39 is 11.0 Å². The second-order valence-electron chi connectivity index (χ2n) is 8.23. The average Bonchev–Trinajstić information content (AvgIpc) is 2.73. The van der Waals surface area contributed by atoms with Gasteiger partial charge in [0.15, 0.2) is 0 Å². The van der Waals surface area contributed by atoms with Crippen LogP contribution < -0.4 is 0 Å². The van der Waals surface area contributed by atoms with Gasteiger partial charge in [-0.1, -0.05) is 60.2 Å². The van der Waals surface area contributed by atoms with E-state index in [-0.39, 0.29) is 5.91 Å². The van der Waals surface area contributed by atoms with Crippen LogP contribution in [0.1, 0.15) is 30.5 Å². The summed E-state index contributed by atoms with van der Waals surface area (Å²) in [5.74, 6) is 0.146. The summed E-state index contributed by atoms with van der Waals surface area (Å²) in [4.78, 5) is 18.0. The summed E-state index contributed by atoms with van der Waals surface area (Å²) < 4.78 is 5.48. The Morgan fingerprint density at radius 3 is 2.00 bits per heavy atom. The van der Waals surface area contributed by atoms with E-state index in [1.54, 1.807) is 0 Å². The molecule has 1 amide bonds. The second-order valence-corrected chi connectivity index (χ2v) is 8.23. The highest BCUT2D eigenvalue weighted by Gasteiger charge is 2.55. The molecule has 4 nitrogen and oxygen atoms in total. The van der Waals surface area contributed by atoms with Crippen LogP contribution in [0.4, 0.5) is 0 Å². The lowest BCUT2D eigenvalue weighted by Crippen LogP contribution is -2.67. The summed E-state index contributed by atoms with van der Waals surface area (Å²) in [7, 11) is 4.02. The zero-order valence-electron chi connectivity index (χ0n) is 17.7. The van der Waals surface area contributed by atoms with E-state index >= 15 is 0 Å². The molecule has 2 aromatic rings. The first-order valence-electron chi connectivity index (χ1n) is 9.99. The van der Waals surface area contributed by atoms with Gasteiger partial charge in [0.25, 0.3) is 0 Å². The number of likely N-dealkylation sites (N-methyl/N-ethyl adjacent to an activating group) is 1. The number of carbonyl (C=O) groups is 1. The predicted octanol–water partition coefficient (Wildman–Crippen LogP) is 3.48. The number of ether oxygens (including phenoxy) is 1. The first-order chi connectivity index (χ1) is 13.3. The molecular formula is C24H32N2O2. The topological polar surface area (TPSA) is 32.8 Å². The third kappa shape index (κ3) is 3.36. The van der Waals surface area contributed by atoms with Gasteiger partial charge in [-0.25, -0.2) is 0 Å². The summed E-state index contributed by atoms with van der Waals surface area (Å²) in [5.41, 5.74) is 2.20. The number of nitrogens with zero attached hydrogens (tertiary/aromatic N) is 2. The van der Waals surface area contributed by atoms with Crippen LogP contribution in [0.15, 0.2) is 54.6 Å². The van der Waals surface area contributed by atoms with Crippen molar-refractivity contribution in [3.63, 3.8) is 0 Å². The van der Waals surface area contributed by atoms with E-state index in [4.69, 9.17) is 4.74 Å². The van der Waals surface area contributed by atoms with Crippen molar-refractivity contribution >= 4 is 5.91 Å². The van der Waals surface area contributed by atoms with Gasteiger partial charge in [0.05, 0.1) is 13.2 Å². The fraction of sp³-hybridized carbons (Fsp3) is 0.458. The fourth-order valence-electron chi connectivity index (χ4n) is 4.31. The summed E-state index contributed by atoms with van der Waals surface area (Å²) >= 11 is 0. The van der Waals surface area contributed by atoms with Crippen LogP contribution in [0.5, 0.6) is 0 Å². The molecule has 0 bridgehead atoms. The van der Waals surface area contributed by atoms with Crippen molar-refractivity contribution in [3.05, 3.63) is 71.3 Å². The highest BCUT2D eigenvalue weighted by molar-refractivity contribution is 5.89. The van der Waals surface area contributed by atoms with E-state index in [2.05, 4.69) is 74.2 Å². The first-order valence-corrected chi connectivity index (χ1v) is 9.99. The normalized spacial score (nSPS) is 19.1. The van der Waals surface area contributed by atoms with Crippen molar-refractivity contribution in [1.29, 1.82) is 0 Å². The van der Waals surface area contributed by atoms with E-state index in [0.717, 1.165) is 11.1 Å². The van der Waals surface area contributed by atoms with Gasteiger partial charge in [-0.05, 0) is 46.0 Å². The maximum absolute atomic E-state index is 14.0. The number of carbonyl (C=O) groups excluding carboxylic acids is 1. The Bertz CT molecular complexity index is 797. The van der Waals surface area contributed by atoms with Crippen LogP contribution in [-0.2, 0) is 14.9 Å². The first kappa shape index (κ1) is 20.6. The van der Waals surface area contributed by atoms with E-state index in [9.17, 15) is 4.79 Å². The maximum Gasteiger partial charge on any atom is 0.244 e. The van der Waals surface area contributed by atoms with Gasteiger partial charge in [-0.15, -0.1) is 0 Å². The van der Waals surface area contributed by atoms with Gasteiger partial charge in [0.2, 0.25) is 5.91 Å². The molecule has 1 fully saturated rings. The molecular weight excluding hydrogens is 348 g/mol. The number of benzene rings is 2. The zero-order valence-corrected chi connectivity index (χ0v) is 17.7. The molecule has 1 aliphatic rings. The van der Waals surface area contributed by atoms with Gasteiger partial charge in [0.1, 0.15) is 5.54 Å². The molecule has 0 radical (unpaired) electrons. The van der Waals surface area contributed by atoms with Crippen molar-refractivity contribution in [1.82, 2.24) is 9.80 Å². The van der Waals surface area contributed by atoms with Crippen LogP contribution in [0, 0.1) is 6.92 Å². The van der Waals surface area contributed by atoms with Crippen LogP contribution >= 0.6 is 0 Å². The Morgan fingerprint density at radius 2 is 1.46 bits per heavy atom. The predicted molar refractivity (Wildman–Crippen MR) is 114 cm³/mol. The molecule has 4 heteroatoms. The number of hydrogen-bond donors (Lipinski definition) is 0. The van der Waals surface area contributed by atoms with Crippen molar-refractivity contribution in [2.75, 3.05) is 40.4 Å². The molecule has 2 unspecified atom stereocenters. The minimum Gasteiger partial charge on any atom is -0.378 e. The lowest BCUT2D eigenvalue weighted by atomic mass is 9.61. The van der Waals surface area contributed by atoms with Crippen LogP contribution in [-0.4, -0.2) is 61.6 Å². The zero-order chi connectivity index (χ0) is 20.4. The Balaban J connectivity index is 2.20. The summed E-state index contributed by atoms with van der Waals surface area (Å²) in [6.07, 6.45) is 0. The highest BCUT2D eigenvalue weighted by Crippen LogP contribution is 2.45. The molecule has 1 aliphatic heterocycles. The average molecular weight is 381 g/mol. The third-order valence-corrected chi connectivity index (χ3v) is 6.56. The molecule has 0 spiro atoms. The van der Waals surface area contributed by atoms with Crippen LogP contribution in [0.2, 0.25) is 0 Å². The van der Waals surface area contributed by atoms with Crippen LogP contribution in [0.3, 0.4) is 0 Å². The fourth-order valence-corrected chi connectivity index (χ4v) is 4.31. The molecule has 1 saturated heterocycles. The van der Waals surface area contributed by atoms with Gasteiger partial charge >= 0.3 is 0 Å². The summed E-state index contributed by atoms with van der Waals surface area (Å²) in [6.45, 7) is 8.85. The Labute approximate surface area is 169 Å². The van der Waals surface area contributed by atoms with Gasteiger partial charge in [0, 0.05) is 18.5 Å². The van der Waals surface area contributed by atoms with Crippen molar-refractivity contribution in [3.8, 4) is 0 Å². The number of aryl methyl sites for hydroxylation is 1. The Kier molecular flexibility index (Phi) is 5.92. The van der Waals surface area contributed by atoms with E-state index in [1.807, 2.05) is 25.1 Å². The SMILES string of the molecule is Cc1ccc(C(C)(c2ccccc2)C(C)(C(=O)N2CCOCC2)N(C)C)cc1. The smallest absolute Gasteiger partial charge is 0.244 e. The van der Waals surface area contributed by atoms with Gasteiger partial charge in [-0.2, -0.15) is 0 Å². The quantitative estimate of drug-likeness (QED) is 0.796. The van der Waals surface area contributed by atoms with Crippen molar-refractivity contribution in [2.24, 2.45) is 0 Å². The lowest BCUT2D eigenvalue weighted by Gasteiger charge is -2.52. The number of morpholine rings is 1. The number of hydrogen-bond acceptors (Lipinski definition) is 3. The molecule has 1 heterocycles. The van der Waals surface area contributed by atoms with E-state index in [0.29, 0.717) is 26.3 Å². The lowest BCUT2D eigenvalue weighted by molar-refractivity contribution is -0.149. The van der Waals surface area contributed by atoms with E-state index in [1.165, 1.54) is 5.56 Å². The molecule has 2 atom stereocenters. The monoisotopic (exact) mass is 380 g/mol. The third-order valence-electron chi connectivity index (χ3n) is 6.56.